The fourth-order valence-electron chi connectivity index (χ4n) is 2.79. The predicted octanol–water partition coefficient (Wildman–Crippen LogP) is 0.964. The molecule has 1 aromatic heterocycles. The van der Waals surface area contributed by atoms with Crippen molar-refractivity contribution < 1.29 is 9.53 Å². The Labute approximate surface area is 132 Å². The summed E-state index contributed by atoms with van der Waals surface area (Å²) < 4.78 is 5.75. The van der Waals surface area contributed by atoms with E-state index in [-0.39, 0.29) is 18.0 Å². The summed E-state index contributed by atoms with van der Waals surface area (Å²) in [5.74, 6) is -0.515. The lowest BCUT2D eigenvalue weighted by atomic mass is 10.1. The van der Waals surface area contributed by atoms with Gasteiger partial charge in [-0.15, -0.1) is 5.10 Å². The minimum absolute atomic E-state index is 0.0477. The second-order valence-electron chi connectivity index (χ2n) is 5.66. The first-order valence-corrected chi connectivity index (χ1v) is 7.48. The van der Waals surface area contributed by atoms with Crippen LogP contribution in [0.1, 0.15) is 24.5 Å². The first-order chi connectivity index (χ1) is 11.0. The Morgan fingerprint density at radius 2 is 2.00 bits per heavy atom. The van der Waals surface area contributed by atoms with Crippen LogP contribution in [-0.2, 0) is 4.74 Å². The minimum atomic E-state index is -0.515. The Morgan fingerprint density at radius 3 is 2.65 bits per heavy atom. The van der Waals surface area contributed by atoms with E-state index in [1.165, 1.54) is 0 Å². The third-order valence-electron chi connectivity index (χ3n) is 3.63. The number of H-pyrrole nitrogens is 2. The lowest BCUT2D eigenvalue weighted by molar-refractivity contribution is -0.00517. The summed E-state index contributed by atoms with van der Waals surface area (Å²) in [4.78, 5) is 27.8. The highest BCUT2D eigenvalue weighted by Crippen LogP contribution is 2.28. The Balaban J connectivity index is 1.83. The second kappa shape index (κ2) is 6.25. The maximum atomic E-state index is 12.2. The molecule has 1 aromatic carbocycles. The highest BCUT2D eigenvalue weighted by Gasteiger charge is 2.24. The summed E-state index contributed by atoms with van der Waals surface area (Å²) in [5.41, 5.74) is 1.07. The number of rotatable bonds is 3. The summed E-state index contributed by atoms with van der Waals surface area (Å²) in [6.45, 7) is 5.55. The molecule has 3 N–H and O–H groups in total. The van der Waals surface area contributed by atoms with Crippen molar-refractivity contribution >= 4 is 17.3 Å². The summed E-state index contributed by atoms with van der Waals surface area (Å²) in [5, 5.41) is 8.61. The molecule has 1 aliphatic rings. The van der Waals surface area contributed by atoms with Crippen LogP contribution in [0.2, 0.25) is 0 Å². The highest BCUT2D eigenvalue weighted by atomic mass is 16.5. The van der Waals surface area contributed by atoms with Gasteiger partial charge in [0.05, 0.1) is 23.6 Å². The van der Waals surface area contributed by atoms with Crippen LogP contribution in [0.4, 0.5) is 11.4 Å². The fourth-order valence-corrected chi connectivity index (χ4v) is 2.79. The molecule has 0 aliphatic carbocycles. The van der Waals surface area contributed by atoms with Gasteiger partial charge in [-0.05, 0) is 26.0 Å². The molecule has 0 saturated carbocycles. The highest BCUT2D eigenvalue weighted by molar-refractivity contribution is 6.03. The number of nitrogens with one attached hydrogen (secondary N) is 3. The first kappa shape index (κ1) is 15.3. The van der Waals surface area contributed by atoms with Crippen LogP contribution in [0.25, 0.3) is 0 Å². The van der Waals surface area contributed by atoms with Crippen LogP contribution in [0, 0.1) is 0 Å². The average Bonchev–Trinajstić information content (AvgIpc) is 2.93. The van der Waals surface area contributed by atoms with Gasteiger partial charge in [0.25, 0.3) is 5.91 Å². The van der Waals surface area contributed by atoms with Crippen molar-refractivity contribution in [2.45, 2.75) is 26.1 Å². The molecule has 1 saturated heterocycles. The van der Waals surface area contributed by atoms with Crippen molar-refractivity contribution in [2.24, 2.45) is 0 Å². The molecule has 23 heavy (non-hydrogen) atoms. The maximum absolute atomic E-state index is 12.2. The lowest BCUT2D eigenvalue weighted by Crippen LogP contribution is -2.45. The predicted molar refractivity (Wildman–Crippen MR) is 85.8 cm³/mol. The molecule has 2 aromatic rings. The summed E-state index contributed by atoms with van der Waals surface area (Å²) >= 11 is 0. The van der Waals surface area contributed by atoms with Crippen LogP contribution in [0.3, 0.4) is 0 Å². The monoisotopic (exact) mass is 317 g/mol. The molecule has 0 spiro atoms. The molecule has 0 bridgehead atoms. The van der Waals surface area contributed by atoms with E-state index in [4.69, 9.17) is 4.74 Å². The number of aromatic amines is 2. The van der Waals surface area contributed by atoms with Crippen LogP contribution >= 0.6 is 0 Å². The SMILES string of the molecule is CC1CN(c2ccccc2NC(=O)c2n[nH]c(=O)[nH]2)CC(C)O1. The van der Waals surface area contributed by atoms with Crippen LogP contribution < -0.4 is 15.9 Å². The molecule has 0 radical (unpaired) electrons. The second-order valence-corrected chi connectivity index (χ2v) is 5.66. The Morgan fingerprint density at radius 1 is 1.30 bits per heavy atom. The van der Waals surface area contributed by atoms with E-state index < -0.39 is 11.6 Å². The van der Waals surface area contributed by atoms with Crippen molar-refractivity contribution in [1.82, 2.24) is 15.2 Å². The Bertz CT molecular complexity index is 743. The summed E-state index contributed by atoms with van der Waals surface area (Å²) in [7, 11) is 0. The smallest absolute Gasteiger partial charge is 0.341 e. The standard InChI is InChI=1S/C15H19N5O3/c1-9-7-20(8-10(2)23-9)12-6-4-3-5-11(12)16-14(21)13-17-15(22)19-18-13/h3-6,9-10H,7-8H2,1-2H3,(H,16,21)(H2,17,18,19,22). The van der Waals surface area contributed by atoms with E-state index in [1.807, 2.05) is 38.1 Å². The number of morpholine rings is 1. The van der Waals surface area contributed by atoms with Gasteiger partial charge in [0.2, 0.25) is 5.82 Å². The molecule has 3 rings (SSSR count). The van der Waals surface area contributed by atoms with Gasteiger partial charge in [-0.1, -0.05) is 12.1 Å². The molecule has 122 valence electrons. The van der Waals surface area contributed by atoms with Crippen LogP contribution in [0.15, 0.2) is 29.1 Å². The van der Waals surface area contributed by atoms with Gasteiger partial charge in [0, 0.05) is 13.1 Å². The Hall–Kier alpha value is -2.61. The lowest BCUT2D eigenvalue weighted by Gasteiger charge is -2.37. The summed E-state index contributed by atoms with van der Waals surface area (Å²) in [6.07, 6.45) is 0.232. The third-order valence-corrected chi connectivity index (χ3v) is 3.63. The zero-order valence-corrected chi connectivity index (χ0v) is 13.0. The number of anilines is 2. The minimum Gasteiger partial charge on any atom is -0.372 e. The maximum Gasteiger partial charge on any atom is 0.341 e. The van der Waals surface area contributed by atoms with Gasteiger partial charge in [-0.3, -0.25) is 9.78 Å². The zero-order chi connectivity index (χ0) is 16.4. The number of hydrogen-bond acceptors (Lipinski definition) is 5. The number of aromatic nitrogens is 3. The van der Waals surface area contributed by atoms with E-state index in [0.717, 1.165) is 18.8 Å². The van der Waals surface area contributed by atoms with Crippen molar-refractivity contribution in [2.75, 3.05) is 23.3 Å². The quantitative estimate of drug-likeness (QED) is 0.782. The molecule has 1 amide bonds. The molecule has 8 heteroatoms. The molecule has 1 aliphatic heterocycles. The molecule has 8 nitrogen and oxygen atoms in total. The van der Waals surface area contributed by atoms with Crippen LogP contribution in [-0.4, -0.2) is 46.4 Å². The van der Waals surface area contributed by atoms with E-state index >= 15 is 0 Å². The number of amides is 1. The number of nitrogens with zero attached hydrogens (tertiary/aromatic N) is 2. The Kier molecular flexibility index (Phi) is 4.16. The zero-order valence-electron chi connectivity index (χ0n) is 13.0. The van der Waals surface area contributed by atoms with Gasteiger partial charge >= 0.3 is 5.69 Å². The molecule has 2 unspecified atom stereocenters. The van der Waals surface area contributed by atoms with Gasteiger partial charge in [0.1, 0.15) is 0 Å². The van der Waals surface area contributed by atoms with E-state index in [9.17, 15) is 9.59 Å². The van der Waals surface area contributed by atoms with Gasteiger partial charge in [-0.2, -0.15) is 0 Å². The van der Waals surface area contributed by atoms with E-state index in [0.29, 0.717) is 5.69 Å². The van der Waals surface area contributed by atoms with Crippen molar-refractivity contribution in [3.8, 4) is 0 Å². The average molecular weight is 317 g/mol. The molecule has 2 atom stereocenters. The van der Waals surface area contributed by atoms with Gasteiger partial charge in [-0.25, -0.2) is 9.89 Å². The van der Waals surface area contributed by atoms with E-state index in [1.54, 1.807) is 0 Å². The number of benzene rings is 1. The molecular weight excluding hydrogens is 298 g/mol. The number of para-hydroxylation sites is 2. The molecular formula is C15H19N5O3. The number of ether oxygens (including phenoxy) is 1. The first-order valence-electron chi connectivity index (χ1n) is 7.48. The van der Waals surface area contributed by atoms with Gasteiger partial charge in [0.15, 0.2) is 0 Å². The third kappa shape index (κ3) is 3.42. The van der Waals surface area contributed by atoms with Crippen molar-refractivity contribution in [3.05, 3.63) is 40.6 Å². The van der Waals surface area contributed by atoms with Crippen LogP contribution in [0.5, 0.6) is 0 Å². The topological polar surface area (TPSA) is 103 Å². The number of hydrogen-bond donors (Lipinski definition) is 3. The number of carbonyl (C=O) groups is 1. The van der Waals surface area contributed by atoms with Crippen molar-refractivity contribution in [1.29, 1.82) is 0 Å². The van der Waals surface area contributed by atoms with Crippen molar-refractivity contribution in [3.63, 3.8) is 0 Å². The van der Waals surface area contributed by atoms with Gasteiger partial charge < -0.3 is 15.0 Å². The summed E-state index contributed by atoms with van der Waals surface area (Å²) in [6, 6.07) is 7.54. The molecule has 2 heterocycles. The fraction of sp³-hybridized carbons (Fsp3) is 0.400. The largest absolute Gasteiger partial charge is 0.372 e. The molecule has 1 fully saturated rings. The number of carbonyl (C=O) groups excluding carboxylic acids is 1. The normalized spacial score (nSPS) is 21.2. The van der Waals surface area contributed by atoms with E-state index in [2.05, 4.69) is 25.4 Å².